The van der Waals surface area contributed by atoms with E-state index in [9.17, 15) is 0 Å². The zero-order valence-corrected chi connectivity index (χ0v) is 26.7. The minimum atomic E-state index is -0.379. The van der Waals surface area contributed by atoms with Crippen molar-refractivity contribution >= 4 is 30.0 Å². The quantitative estimate of drug-likeness (QED) is 0.182. The molecule has 2 nitrogen and oxygen atoms in total. The van der Waals surface area contributed by atoms with Gasteiger partial charge >= 0.3 is 0 Å². The van der Waals surface area contributed by atoms with E-state index in [0.29, 0.717) is 5.92 Å². The molecule has 1 spiro atoms. The number of fused-ring (bicyclic) bond motifs is 11. The number of nitrogens with zero attached hydrogens (tertiary/aromatic N) is 2. The lowest BCUT2D eigenvalue weighted by Gasteiger charge is -2.30. The zero-order valence-electron chi connectivity index (χ0n) is 26.7. The average Bonchev–Trinajstić information content (AvgIpc) is 3.76. The van der Waals surface area contributed by atoms with Gasteiger partial charge in [0, 0.05) is 11.3 Å². The van der Waals surface area contributed by atoms with Gasteiger partial charge in [0.25, 0.3) is 0 Å². The number of aromatic nitrogens is 2. The second kappa shape index (κ2) is 10.2. The van der Waals surface area contributed by atoms with Gasteiger partial charge in [-0.05, 0) is 98.3 Å². The van der Waals surface area contributed by atoms with Crippen molar-refractivity contribution in [2.75, 3.05) is 0 Å². The summed E-state index contributed by atoms with van der Waals surface area (Å²) in [5.41, 5.74) is 17.5. The Morgan fingerprint density at radius 1 is 0.625 bits per heavy atom. The first-order valence-electron chi connectivity index (χ1n) is 16.8. The van der Waals surface area contributed by atoms with Gasteiger partial charge in [0.2, 0.25) is 0 Å². The zero-order chi connectivity index (χ0) is 32.0. The molecule has 6 aromatic carbocycles. The molecule has 0 saturated carbocycles. The highest BCUT2D eigenvalue weighted by Crippen LogP contribution is 2.62. The van der Waals surface area contributed by atoms with Crippen molar-refractivity contribution < 1.29 is 0 Å². The summed E-state index contributed by atoms with van der Waals surface area (Å²) in [6.07, 6.45) is 7.92. The Kier molecular flexibility index (Phi) is 5.81. The van der Waals surface area contributed by atoms with Gasteiger partial charge in [-0.2, -0.15) is 0 Å². The normalized spacial score (nSPS) is 18.4. The third-order valence-electron chi connectivity index (χ3n) is 10.7. The van der Waals surface area contributed by atoms with Crippen LogP contribution in [-0.4, -0.2) is 17.4 Å². The van der Waals surface area contributed by atoms with E-state index >= 15 is 0 Å². The minimum Gasteiger partial charge on any atom is -0.293 e. The molecular weight excluding hydrogens is 579 g/mol. The van der Waals surface area contributed by atoms with Crippen LogP contribution in [0, 0.1) is 5.92 Å². The first-order valence-corrected chi connectivity index (χ1v) is 16.8. The van der Waals surface area contributed by atoms with Gasteiger partial charge < -0.3 is 0 Å². The summed E-state index contributed by atoms with van der Waals surface area (Å²) < 4.78 is 2.32. The van der Waals surface area contributed by atoms with Crippen LogP contribution in [0.15, 0.2) is 152 Å². The maximum absolute atomic E-state index is 6.37. The lowest BCUT2D eigenvalue weighted by atomic mass is 9.70. The number of hydrogen-bond acceptors (Lipinski definition) is 1. The van der Waals surface area contributed by atoms with Crippen LogP contribution < -0.4 is 5.46 Å². The van der Waals surface area contributed by atoms with Crippen LogP contribution in [0.25, 0.3) is 61.5 Å². The molecule has 2 radical (unpaired) electrons. The summed E-state index contributed by atoms with van der Waals surface area (Å²) in [6, 6.07) is 48.7. The summed E-state index contributed by atoms with van der Waals surface area (Å²) in [7, 11) is 6.37. The van der Waals surface area contributed by atoms with Gasteiger partial charge in [0.15, 0.2) is 0 Å². The second-order valence-electron chi connectivity index (χ2n) is 13.4. The van der Waals surface area contributed by atoms with Crippen LogP contribution in [0.4, 0.5) is 0 Å². The lowest BCUT2D eigenvalue weighted by Crippen LogP contribution is -2.26. The Morgan fingerprint density at radius 3 is 2.04 bits per heavy atom. The molecule has 0 aliphatic heterocycles. The summed E-state index contributed by atoms with van der Waals surface area (Å²) >= 11 is 0. The van der Waals surface area contributed by atoms with E-state index in [1.165, 1.54) is 61.3 Å². The van der Waals surface area contributed by atoms with Crippen molar-refractivity contribution in [3.8, 4) is 44.8 Å². The van der Waals surface area contributed by atoms with Gasteiger partial charge in [-0.3, -0.25) is 4.57 Å². The molecule has 48 heavy (non-hydrogen) atoms. The monoisotopic (exact) mass is 610 g/mol. The number of imidazole rings is 1. The van der Waals surface area contributed by atoms with E-state index in [4.69, 9.17) is 12.8 Å². The van der Waals surface area contributed by atoms with Crippen LogP contribution in [0.3, 0.4) is 0 Å². The van der Waals surface area contributed by atoms with Gasteiger partial charge in [-0.25, -0.2) is 4.98 Å². The van der Waals surface area contributed by atoms with E-state index in [1.54, 1.807) is 0 Å². The van der Waals surface area contributed by atoms with E-state index in [2.05, 4.69) is 163 Å². The summed E-state index contributed by atoms with van der Waals surface area (Å²) in [5, 5.41) is 0. The molecule has 1 heterocycles. The summed E-state index contributed by atoms with van der Waals surface area (Å²) in [5.74, 6) is 1.51. The van der Waals surface area contributed by atoms with Gasteiger partial charge in [-0.1, -0.05) is 134 Å². The van der Waals surface area contributed by atoms with E-state index < -0.39 is 0 Å². The first-order chi connectivity index (χ1) is 23.6. The van der Waals surface area contributed by atoms with Gasteiger partial charge in [0.05, 0.1) is 16.4 Å². The van der Waals surface area contributed by atoms with Gasteiger partial charge in [0.1, 0.15) is 13.7 Å². The Hall–Kier alpha value is -5.67. The number of allylic oxidation sites excluding steroid dienone is 4. The predicted octanol–water partition coefficient (Wildman–Crippen LogP) is 9.94. The van der Waals surface area contributed by atoms with Crippen molar-refractivity contribution in [2.24, 2.45) is 5.92 Å². The fraction of sp³-hybridized carbons (Fsp3) is 0.0889. The highest BCUT2D eigenvalue weighted by atomic mass is 15.1. The SMILES string of the molecule is [B]c1ccc2c(c1)-c1ccccc1C21c2ccccc2-c2cc(-c3cccc(-c4nc5ccccc5n4C4=CCC(C)C=C4)c3)ccc21. The Labute approximate surface area is 282 Å². The van der Waals surface area contributed by atoms with Crippen molar-refractivity contribution in [3.05, 3.63) is 174 Å². The maximum Gasteiger partial charge on any atom is 0.145 e. The molecule has 0 N–H and O–H groups in total. The van der Waals surface area contributed by atoms with E-state index in [1.807, 2.05) is 0 Å². The topological polar surface area (TPSA) is 17.8 Å². The highest BCUT2D eigenvalue weighted by molar-refractivity contribution is 6.32. The molecule has 3 aliphatic rings. The lowest BCUT2D eigenvalue weighted by molar-refractivity contribution is 0.735. The molecule has 0 amide bonds. The summed E-state index contributed by atoms with van der Waals surface area (Å²) in [6.45, 7) is 2.26. The predicted molar refractivity (Wildman–Crippen MR) is 199 cm³/mol. The molecule has 1 aromatic heterocycles. The molecule has 0 fully saturated rings. The largest absolute Gasteiger partial charge is 0.293 e. The molecule has 0 saturated heterocycles. The minimum absolute atomic E-state index is 0.379. The standard InChI is InChI=1S/C45H31BN2/c1-28-17-21-33(22-18-28)48-43-16-7-6-15-42(43)47-44(48)31-10-8-9-29(25-31)30-19-23-40-36(26-30)34-11-2-4-13-38(34)45(40)39-14-5-3-12-35(39)37-27-32(46)20-24-41(37)45/h2-17,19-28H,18H2,1H3. The number of benzene rings is 6. The molecular formula is C45H31BN2. The van der Waals surface area contributed by atoms with E-state index in [-0.39, 0.29) is 5.41 Å². The average molecular weight is 611 g/mol. The highest BCUT2D eigenvalue weighted by Gasteiger charge is 2.51. The van der Waals surface area contributed by atoms with Crippen molar-refractivity contribution in [1.82, 2.24) is 9.55 Å². The summed E-state index contributed by atoms with van der Waals surface area (Å²) in [4.78, 5) is 5.18. The molecule has 7 aromatic rings. The number of para-hydroxylation sites is 2. The number of hydrogen-bond donors (Lipinski definition) is 0. The Balaban J connectivity index is 1.15. The van der Waals surface area contributed by atoms with Crippen LogP contribution in [0.1, 0.15) is 35.6 Å². The second-order valence-corrected chi connectivity index (χ2v) is 13.4. The Bertz CT molecular complexity index is 2530. The van der Waals surface area contributed by atoms with Crippen LogP contribution in [0.2, 0.25) is 0 Å². The Morgan fingerprint density at radius 2 is 1.27 bits per heavy atom. The van der Waals surface area contributed by atoms with Crippen LogP contribution >= 0.6 is 0 Å². The molecule has 10 rings (SSSR count). The smallest absolute Gasteiger partial charge is 0.145 e. The molecule has 2 unspecified atom stereocenters. The molecule has 2 atom stereocenters. The molecule has 0 bridgehead atoms. The fourth-order valence-corrected chi connectivity index (χ4v) is 8.55. The molecule has 224 valence electrons. The third-order valence-corrected chi connectivity index (χ3v) is 10.7. The first kappa shape index (κ1) is 27.4. The van der Waals surface area contributed by atoms with Crippen molar-refractivity contribution in [3.63, 3.8) is 0 Å². The van der Waals surface area contributed by atoms with Crippen molar-refractivity contribution in [2.45, 2.75) is 18.8 Å². The van der Waals surface area contributed by atoms with Gasteiger partial charge in [-0.15, -0.1) is 0 Å². The maximum atomic E-state index is 6.37. The van der Waals surface area contributed by atoms with Crippen LogP contribution in [-0.2, 0) is 5.41 Å². The molecule has 3 aliphatic carbocycles. The fourth-order valence-electron chi connectivity index (χ4n) is 8.55. The number of rotatable bonds is 3. The van der Waals surface area contributed by atoms with Crippen molar-refractivity contribution in [1.29, 1.82) is 0 Å². The molecule has 3 heteroatoms. The van der Waals surface area contributed by atoms with E-state index in [0.717, 1.165) is 34.3 Å². The van der Waals surface area contributed by atoms with Crippen LogP contribution in [0.5, 0.6) is 0 Å². The third kappa shape index (κ3) is 3.73.